The van der Waals surface area contributed by atoms with Gasteiger partial charge in [0.1, 0.15) is 0 Å². The van der Waals surface area contributed by atoms with Crippen LogP contribution in [0, 0.1) is 0 Å². The average Bonchev–Trinajstić information content (AvgIpc) is 3.19. The highest BCUT2D eigenvalue weighted by molar-refractivity contribution is 7.99. The third-order valence-corrected chi connectivity index (χ3v) is 4.73. The average molecular weight is 300 g/mol. The van der Waals surface area contributed by atoms with Crippen LogP contribution in [0.2, 0.25) is 5.02 Å². The van der Waals surface area contributed by atoms with E-state index in [-0.39, 0.29) is 12.1 Å². The summed E-state index contributed by atoms with van der Waals surface area (Å²) in [7, 11) is 0. The van der Waals surface area contributed by atoms with Gasteiger partial charge in [-0.2, -0.15) is 0 Å². The van der Waals surface area contributed by atoms with Gasteiger partial charge in [-0.15, -0.1) is 11.8 Å². The zero-order valence-corrected chi connectivity index (χ0v) is 12.9. The largest absolute Gasteiger partial charge is 0.394 e. The summed E-state index contributed by atoms with van der Waals surface area (Å²) >= 11 is 7.79. The van der Waals surface area contributed by atoms with Gasteiger partial charge in [0.2, 0.25) is 0 Å². The van der Waals surface area contributed by atoms with Crippen molar-refractivity contribution in [3.05, 3.63) is 29.3 Å². The molecule has 1 unspecified atom stereocenters. The maximum atomic E-state index is 9.53. The van der Waals surface area contributed by atoms with Crippen molar-refractivity contribution >= 4 is 23.4 Å². The predicted molar refractivity (Wildman–Crippen MR) is 83.1 cm³/mol. The van der Waals surface area contributed by atoms with Gasteiger partial charge in [0.05, 0.1) is 6.61 Å². The van der Waals surface area contributed by atoms with E-state index in [4.69, 9.17) is 11.6 Å². The minimum absolute atomic E-state index is 0.115. The number of hydrogen-bond acceptors (Lipinski definition) is 3. The second kappa shape index (κ2) is 6.98. The minimum atomic E-state index is -0.115. The maximum absolute atomic E-state index is 9.53. The number of halogens is 1. The van der Waals surface area contributed by atoms with Crippen molar-refractivity contribution in [2.45, 2.75) is 49.1 Å². The van der Waals surface area contributed by atoms with Crippen molar-refractivity contribution in [2.24, 2.45) is 0 Å². The smallest absolute Gasteiger partial charge is 0.0610 e. The molecule has 1 aliphatic carbocycles. The van der Waals surface area contributed by atoms with Crippen LogP contribution in [0.1, 0.15) is 32.6 Å². The summed E-state index contributed by atoms with van der Waals surface area (Å²) < 4.78 is 0. The normalized spacial score (nSPS) is 18.3. The van der Waals surface area contributed by atoms with Crippen LogP contribution in [0.4, 0.5) is 0 Å². The summed E-state index contributed by atoms with van der Waals surface area (Å²) in [5, 5.41) is 13.9. The molecule has 19 heavy (non-hydrogen) atoms. The van der Waals surface area contributed by atoms with Gasteiger partial charge in [-0.1, -0.05) is 17.7 Å². The van der Waals surface area contributed by atoms with Crippen LogP contribution in [-0.2, 0) is 0 Å². The lowest BCUT2D eigenvalue weighted by Crippen LogP contribution is -2.46. The fourth-order valence-corrected chi connectivity index (χ4v) is 3.29. The SMILES string of the molecule is CC(CO)(CCCSc1cccc(Cl)c1)NC1CC1. The van der Waals surface area contributed by atoms with Crippen molar-refractivity contribution in [2.75, 3.05) is 12.4 Å². The first-order valence-electron chi connectivity index (χ1n) is 6.88. The van der Waals surface area contributed by atoms with Crippen molar-refractivity contribution in [1.29, 1.82) is 0 Å². The van der Waals surface area contributed by atoms with E-state index >= 15 is 0 Å². The zero-order valence-electron chi connectivity index (χ0n) is 11.4. The third kappa shape index (κ3) is 5.35. The van der Waals surface area contributed by atoms with E-state index in [0.717, 1.165) is 23.6 Å². The Labute approximate surface area is 124 Å². The molecule has 2 N–H and O–H groups in total. The summed E-state index contributed by atoms with van der Waals surface area (Å²) in [4.78, 5) is 1.22. The highest BCUT2D eigenvalue weighted by atomic mass is 35.5. The number of hydrogen-bond donors (Lipinski definition) is 2. The molecule has 106 valence electrons. The summed E-state index contributed by atoms with van der Waals surface area (Å²) in [5.74, 6) is 1.06. The number of aliphatic hydroxyl groups excluding tert-OH is 1. The zero-order chi connectivity index (χ0) is 13.7. The molecule has 2 nitrogen and oxygen atoms in total. The topological polar surface area (TPSA) is 32.3 Å². The monoisotopic (exact) mass is 299 g/mol. The molecule has 1 saturated carbocycles. The Morgan fingerprint density at radius 1 is 1.47 bits per heavy atom. The van der Waals surface area contributed by atoms with Gasteiger partial charge in [0.15, 0.2) is 0 Å². The van der Waals surface area contributed by atoms with E-state index in [0.29, 0.717) is 6.04 Å². The maximum Gasteiger partial charge on any atom is 0.0610 e. The van der Waals surface area contributed by atoms with Crippen molar-refractivity contribution < 1.29 is 5.11 Å². The van der Waals surface area contributed by atoms with E-state index in [1.54, 1.807) is 0 Å². The molecule has 0 aliphatic heterocycles. The first kappa shape index (κ1) is 15.2. The van der Waals surface area contributed by atoms with Crippen molar-refractivity contribution in [1.82, 2.24) is 5.32 Å². The molecular formula is C15H22ClNOS. The third-order valence-electron chi connectivity index (χ3n) is 3.42. The summed E-state index contributed by atoms with van der Waals surface area (Å²) in [6, 6.07) is 8.60. The lowest BCUT2D eigenvalue weighted by Gasteiger charge is -2.29. The Kier molecular flexibility index (Phi) is 5.58. The van der Waals surface area contributed by atoms with Gasteiger partial charge in [-0.25, -0.2) is 0 Å². The molecule has 0 saturated heterocycles. The van der Waals surface area contributed by atoms with E-state index in [2.05, 4.69) is 18.3 Å². The summed E-state index contributed by atoms with van der Waals surface area (Å²) in [6.07, 6.45) is 4.61. The standard InChI is InChI=1S/C15H22ClNOS/c1-15(11-18,17-13-6-7-13)8-3-9-19-14-5-2-4-12(16)10-14/h2,4-5,10,13,17-18H,3,6-9,11H2,1H3. The molecule has 1 atom stereocenters. The van der Waals surface area contributed by atoms with Crippen LogP contribution < -0.4 is 5.32 Å². The van der Waals surface area contributed by atoms with Crippen LogP contribution in [0.15, 0.2) is 29.2 Å². The number of rotatable bonds is 8. The second-order valence-corrected chi connectivity index (χ2v) is 7.15. The molecule has 0 radical (unpaired) electrons. The lowest BCUT2D eigenvalue weighted by atomic mass is 9.97. The van der Waals surface area contributed by atoms with E-state index in [1.165, 1.54) is 17.7 Å². The number of aliphatic hydroxyl groups is 1. The van der Waals surface area contributed by atoms with Crippen LogP contribution in [-0.4, -0.2) is 29.0 Å². The molecular weight excluding hydrogens is 278 g/mol. The highest BCUT2D eigenvalue weighted by Crippen LogP contribution is 2.27. The van der Waals surface area contributed by atoms with Gasteiger partial charge in [-0.3, -0.25) is 0 Å². The lowest BCUT2D eigenvalue weighted by molar-refractivity contribution is 0.163. The first-order valence-corrected chi connectivity index (χ1v) is 8.25. The first-order chi connectivity index (χ1) is 9.11. The van der Waals surface area contributed by atoms with E-state index in [1.807, 2.05) is 30.0 Å². The van der Waals surface area contributed by atoms with Crippen LogP contribution in [0.3, 0.4) is 0 Å². The fraction of sp³-hybridized carbons (Fsp3) is 0.600. The Morgan fingerprint density at radius 2 is 2.26 bits per heavy atom. The molecule has 0 amide bonds. The minimum Gasteiger partial charge on any atom is -0.394 e. The van der Waals surface area contributed by atoms with Gasteiger partial charge >= 0.3 is 0 Å². The Balaban J connectivity index is 1.70. The molecule has 0 aromatic heterocycles. The number of nitrogens with one attached hydrogen (secondary N) is 1. The molecule has 0 heterocycles. The summed E-state index contributed by atoms with van der Waals surface area (Å²) in [5.41, 5.74) is -0.115. The van der Waals surface area contributed by atoms with Crippen LogP contribution >= 0.6 is 23.4 Å². The fourth-order valence-electron chi connectivity index (χ4n) is 2.13. The molecule has 0 bridgehead atoms. The Bertz CT molecular complexity index is 411. The van der Waals surface area contributed by atoms with E-state index in [9.17, 15) is 5.11 Å². The summed E-state index contributed by atoms with van der Waals surface area (Å²) in [6.45, 7) is 2.33. The van der Waals surface area contributed by atoms with Gasteiger partial charge < -0.3 is 10.4 Å². The molecule has 0 spiro atoms. The second-order valence-electron chi connectivity index (χ2n) is 5.55. The Morgan fingerprint density at radius 3 is 2.89 bits per heavy atom. The van der Waals surface area contributed by atoms with Crippen LogP contribution in [0.5, 0.6) is 0 Å². The van der Waals surface area contributed by atoms with Crippen LogP contribution in [0.25, 0.3) is 0 Å². The molecule has 2 rings (SSSR count). The quantitative estimate of drug-likeness (QED) is 0.567. The highest BCUT2D eigenvalue weighted by Gasteiger charge is 2.31. The van der Waals surface area contributed by atoms with Crippen molar-refractivity contribution in [3.8, 4) is 0 Å². The van der Waals surface area contributed by atoms with Crippen molar-refractivity contribution in [3.63, 3.8) is 0 Å². The molecule has 1 fully saturated rings. The molecule has 1 aromatic carbocycles. The molecule has 1 aliphatic rings. The van der Waals surface area contributed by atoms with E-state index < -0.39 is 0 Å². The number of benzene rings is 1. The predicted octanol–water partition coefficient (Wildman–Crippen LogP) is 3.72. The molecule has 1 aromatic rings. The Hall–Kier alpha value is -0.220. The van der Waals surface area contributed by atoms with Gasteiger partial charge in [0.25, 0.3) is 0 Å². The van der Waals surface area contributed by atoms with Gasteiger partial charge in [-0.05, 0) is 56.6 Å². The van der Waals surface area contributed by atoms with Gasteiger partial charge in [0, 0.05) is 21.5 Å². The number of thioether (sulfide) groups is 1. The molecule has 4 heteroatoms.